The molecule has 2 aromatic rings. The van der Waals surface area contributed by atoms with Crippen LogP contribution in [-0.4, -0.2) is 28.1 Å². The Balaban J connectivity index is 2.18. The number of nitrogens with one attached hydrogen (secondary N) is 1. The Kier molecular flexibility index (Phi) is 4.39. The van der Waals surface area contributed by atoms with Crippen LogP contribution in [0.15, 0.2) is 36.4 Å². The number of phenols is 1. The summed E-state index contributed by atoms with van der Waals surface area (Å²) in [4.78, 5) is 22.4. The number of carboxylic acid groups (broad SMARTS) is 1. The van der Waals surface area contributed by atoms with Gasteiger partial charge in [0.2, 0.25) is 5.91 Å². The average Bonchev–Trinajstić information content (AvgIpc) is 2.45. The topological polar surface area (TPSA) is 113 Å². The van der Waals surface area contributed by atoms with Crippen molar-refractivity contribution in [2.75, 3.05) is 5.32 Å². The molecule has 2 rings (SSSR count). The van der Waals surface area contributed by atoms with Crippen molar-refractivity contribution >= 4 is 28.3 Å². The highest BCUT2D eigenvalue weighted by Crippen LogP contribution is 2.29. The van der Waals surface area contributed by atoms with E-state index >= 15 is 0 Å². The van der Waals surface area contributed by atoms with Crippen LogP contribution in [0.4, 0.5) is 5.69 Å². The number of hydrogen-bond acceptors (Lipinski definition) is 4. The summed E-state index contributed by atoms with van der Waals surface area (Å²) in [6.45, 7) is 0. The van der Waals surface area contributed by atoms with E-state index in [0.717, 1.165) is 0 Å². The Labute approximate surface area is 121 Å². The highest BCUT2D eigenvalue weighted by molar-refractivity contribution is 6.05. The molecule has 1 atom stereocenters. The van der Waals surface area contributed by atoms with Crippen molar-refractivity contribution in [1.29, 1.82) is 0 Å². The third kappa shape index (κ3) is 3.49. The van der Waals surface area contributed by atoms with Gasteiger partial charge in [-0.15, -0.1) is 0 Å². The first-order chi connectivity index (χ1) is 9.99. The maximum Gasteiger partial charge on any atom is 0.303 e. The van der Waals surface area contributed by atoms with Crippen LogP contribution < -0.4 is 11.1 Å². The largest absolute Gasteiger partial charge is 0.507 e. The lowest BCUT2D eigenvalue weighted by molar-refractivity contribution is -0.137. The third-order valence-electron chi connectivity index (χ3n) is 3.16. The summed E-state index contributed by atoms with van der Waals surface area (Å²) in [5.41, 5.74) is 6.19. The molecule has 6 heteroatoms. The fraction of sp³-hybridized carbons (Fsp3) is 0.200. The number of hydrogen-bond donors (Lipinski definition) is 4. The van der Waals surface area contributed by atoms with Crippen LogP contribution in [0.25, 0.3) is 10.8 Å². The summed E-state index contributed by atoms with van der Waals surface area (Å²) in [5.74, 6) is -1.32. The number of anilines is 1. The van der Waals surface area contributed by atoms with Crippen LogP contribution in [-0.2, 0) is 9.59 Å². The zero-order valence-electron chi connectivity index (χ0n) is 11.2. The van der Waals surface area contributed by atoms with E-state index < -0.39 is 17.9 Å². The minimum Gasteiger partial charge on any atom is -0.507 e. The molecular weight excluding hydrogens is 272 g/mol. The number of benzene rings is 2. The number of carboxylic acids is 1. The molecule has 1 amide bonds. The number of fused-ring (bicyclic) bond motifs is 1. The number of phenolic OH excluding ortho intramolecular Hbond substituents is 1. The average molecular weight is 288 g/mol. The van der Waals surface area contributed by atoms with Gasteiger partial charge in [0, 0.05) is 22.9 Å². The fourth-order valence-corrected chi connectivity index (χ4v) is 2.04. The van der Waals surface area contributed by atoms with Gasteiger partial charge in [0.05, 0.1) is 6.04 Å². The van der Waals surface area contributed by atoms with Gasteiger partial charge in [-0.05, 0) is 18.6 Å². The monoisotopic (exact) mass is 288 g/mol. The van der Waals surface area contributed by atoms with Crippen LogP contribution in [0.3, 0.4) is 0 Å². The molecule has 6 nitrogen and oxygen atoms in total. The molecule has 110 valence electrons. The van der Waals surface area contributed by atoms with E-state index in [1.165, 1.54) is 0 Å². The van der Waals surface area contributed by atoms with Crippen molar-refractivity contribution < 1.29 is 19.8 Å². The zero-order chi connectivity index (χ0) is 15.4. The van der Waals surface area contributed by atoms with E-state index in [2.05, 4.69) is 5.32 Å². The smallest absolute Gasteiger partial charge is 0.303 e. The molecule has 0 fully saturated rings. The van der Waals surface area contributed by atoms with Crippen LogP contribution >= 0.6 is 0 Å². The lowest BCUT2D eigenvalue weighted by Crippen LogP contribution is -2.36. The quantitative estimate of drug-likeness (QED) is 0.668. The second-order valence-electron chi connectivity index (χ2n) is 4.71. The number of aromatic hydroxyl groups is 1. The molecule has 5 N–H and O–H groups in total. The summed E-state index contributed by atoms with van der Waals surface area (Å²) in [7, 11) is 0. The Morgan fingerprint density at radius 2 is 1.81 bits per heavy atom. The van der Waals surface area contributed by atoms with E-state index in [-0.39, 0.29) is 18.6 Å². The predicted octanol–water partition coefficient (Wildman–Crippen LogP) is 1.68. The number of aliphatic carboxylic acids is 1. The van der Waals surface area contributed by atoms with Crippen molar-refractivity contribution in [2.45, 2.75) is 18.9 Å². The molecule has 21 heavy (non-hydrogen) atoms. The minimum atomic E-state index is -0.992. The lowest BCUT2D eigenvalue weighted by Gasteiger charge is -2.13. The maximum absolute atomic E-state index is 12.0. The van der Waals surface area contributed by atoms with Crippen LogP contribution in [0.1, 0.15) is 12.8 Å². The normalized spacial score (nSPS) is 12.0. The molecule has 0 heterocycles. The molecule has 1 unspecified atom stereocenters. The van der Waals surface area contributed by atoms with Crippen LogP contribution in [0.2, 0.25) is 0 Å². The second-order valence-corrected chi connectivity index (χ2v) is 4.71. The molecule has 0 aliphatic heterocycles. The van der Waals surface area contributed by atoms with E-state index in [1.54, 1.807) is 36.4 Å². The van der Waals surface area contributed by atoms with Gasteiger partial charge in [-0.25, -0.2) is 0 Å². The number of rotatable bonds is 5. The Morgan fingerprint density at radius 3 is 2.52 bits per heavy atom. The lowest BCUT2D eigenvalue weighted by atomic mass is 10.1. The molecule has 0 saturated heterocycles. The minimum absolute atomic E-state index is 0.0666. The van der Waals surface area contributed by atoms with E-state index in [4.69, 9.17) is 10.8 Å². The van der Waals surface area contributed by atoms with Crippen molar-refractivity contribution in [3.8, 4) is 5.75 Å². The summed E-state index contributed by atoms with van der Waals surface area (Å²) in [6.07, 6.45) is -0.0951. The second kappa shape index (κ2) is 6.23. The van der Waals surface area contributed by atoms with Crippen LogP contribution in [0, 0.1) is 0 Å². The van der Waals surface area contributed by atoms with E-state index in [0.29, 0.717) is 16.5 Å². The molecule has 0 aliphatic rings. The van der Waals surface area contributed by atoms with E-state index in [1.807, 2.05) is 0 Å². The Morgan fingerprint density at radius 1 is 1.14 bits per heavy atom. The van der Waals surface area contributed by atoms with E-state index in [9.17, 15) is 14.7 Å². The highest BCUT2D eigenvalue weighted by Gasteiger charge is 2.16. The van der Waals surface area contributed by atoms with Gasteiger partial charge < -0.3 is 21.3 Å². The third-order valence-corrected chi connectivity index (χ3v) is 3.16. The van der Waals surface area contributed by atoms with Gasteiger partial charge in [-0.2, -0.15) is 0 Å². The Bertz CT molecular complexity index is 684. The standard InChI is InChI=1S/C15H16N2O4/c16-11(7-8-14(19)20)15(21)17-12-5-1-4-10-9(12)3-2-6-13(10)18/h1-6,11,18H,7-8,16H2,(H,17,21)(H,19,20). The molecular formula is C15H16N2O4. The molecule has 0 radical (unpaired) electrons. The number of amides is 1. The zero-order valence-corrected chi connectivity index (χ0v) is 11.2. The van der Waals surface area contributed by atoms with Crippen LogP contribution in [0.5, 0.6) is 5.75 Å². The molecule has 0 aromatic heterocycles. The van der Waals surface area contributed by atoms with Crippen molar-refractivity contribution in [3.63, 3.8) is 0 Å². The first kappa shape index (κ1) is 14.8. The highest BCUT2D eigenvalue weighted by atomic mass is 16.4. The van der Waals surface area contributed by atoms with Gasteiger partial charge in [0.15, 0.2) is 0 Å². The number of carbonyl (C=O) groups excluding carboxylic acids is 1. The molecule has 0 saturated carbocycles. The molecule has 0 spiro atoms. The van der Waals surface area contributed by atoms with Crippen molar-refractivity contribution in [3.05, 3.63) is 36.4 Å². The maximum atomic E-state index is 12.0. The summed E-state index contributed by atoms with van der Waals surface area (Å²) in [6, 6.07) is 9.26. The van der Waals surface area contributed by atoms with Gasteiger partial charge in [-0.3, -0.25) is 9.59 Å². The summed E-state index contributed by atoms with van der Waals surface area (Å²) < 4.78 is 0. The first-order valence-corrected chi connectivity index (χ1v) is 6.48. The van der Waals surface area contributed by atoms with Gasteiger partial charge >= 0.3 is 5.97 Å². The first-order valence-electron chi connectivity index (χ1n) is 6.48. The fourth-order valence-electron chi connectivity index (χ4n) is 2.04. The number of carbonyl (C=O) groups is 2. The molecule has 0 aliphatic carbocycles. The summed E-state index contributed by atoms with van der Waals surface area (Å²) in [5, 5.41) is 22.4. The van der Waals surface area contributed by atoms with Gasteiger partial charge in [0.1, 0.15) is 5.75 Å². The molecule has 0 bridgehead atoms. The van der Waals surface area contributed by atoms with Gasteiger partial charge in [0.25, 0.3) is 0 Å². The van der Waals surface area contributed by atoms with Crippen molar-refractivity contribution in [2.24, 2.45) is 5.73 Å². The predicted molar refractivity (Wildman–Crippen MR) is 79.1 cm³/mol. The molecule has 2 aromatic carbocycles. The SMILES string of the molecule is NC(CCC(=O)O)C(=O)Nc1cccc2c(O)cccc12. The summed E-state index contributed by atoms with van der Waals surface area (Å²) >= 11 is 0. The number of nitrogens with two attached hydrogens (primary N) is 1. The van der Waals surface area contributed by atoms with Gasteiger partial charge in [-0.1, -0.05) is 24.3 Å². The van der Waals surface area contributed by atoms with Crippen molar-refractivity contribution in [1.82, 2.24) is 0 Å². The Hall–Kier alpha value is -2.60.